The molecule has 0 aromatic rings. The first kappa shape index (κ1) is 30.6. The molecule has 0 aromatic carbocycles. The van der Waals surface area contributed by atoms with Crippen molar-refractivity contribution in [3.63, 3.8) is 0 Å². The van der Waals surface area contributed by atoms with Gasteiger partial charge in [0.05, 0.1) is 12.1 Å². The number of hydrogen-bond donors (Lipinski definition) is 2. The predicted octanol–water partition coefficient (Wildman–Crippen LogP) is 0.401. The van der Waals surface area contributed by atoms with Crippen LogP contribution in [0, 0.1) is 10.8 Å². The number of carbonyl (C=O) groups is 6. The Balaban J connectivity index is 0.000000602. The Labute approximate surface area is 206 Å². The number of nitrogens with zero attached hydrogens (tertiary/aromatic N) is 2. The monoisotopic (exact) mass is 512 g/mol. The second kappa shape index (κ2) is 10.7. The van der Waals surface area contributed by atoms with Crippen molar-refractivity contribution in [1.82, 2.24) is 9.80 Å². The molecule has 33 heavy (non-hydrogen) atoms. The van der Waals surface area contributed by atoms with Gasteiger partial charge in [-0.3, -0.25) is 28.8 Å². The van der Waals surface area contributed by atoms with E-state index in [1.165, 1.54) is 13.8 Å². The number of carbonyl (C=O) groups excluding carboxylic acids is 6. The first-order valence-electron chi connectivity index (χ1n) is 10.0. The molecule has 0 spiro atoms. The van der Waals surface area contributed by atoms with Gasteiger partial charge in [0.2, 0.25) is 0 Å². The maximum absolute atomic E-state index is 11.9. The van der Waals surface area contributed by atoms with Gasteiger partial charge in [-0.2, -0.15) is 0 Å². The molecule has 2 heterocycles. The molecule has 178 valence electrons. The first-order chi connectivity index (χ1) is 14.3. The number of hydrogen-bond acceptors (Lipinski definition) is 8. The van der Waals surface area contributed by atoms with Crippen LogP contribution in [-0.2, 0) is 48.2 Å². The fourth-order valence-electron chi connectivity index (χ4n) is 2.61. The Morgan fingerprint density at radius 1 is 0.697 bits per heavy atom. The molecule has 2 aliphatic heterocycles. The van der Waals surface area contributed by atoms with Crippen molar-refractivity contribution in [2.24, 2.45) is 22.3 Å². The summed E-state index contributed by atoms with van der Waals surface area (Å²) in [6.07, 6.45) is 2.30. The van der Waals surface area contributed by atoms with Gasteiger partial charge in [-0.25, -0.2) is 9.80 Å². The number of nitrogens with two attached hydrogens (primary N) is 2. The van der Waals surface area contributed by atoms with Gasteiger partial charge in [0.25, 0.3) is 35.4 Å². The fraction of sp³-hybridized carbons (Fsp3) is 0.545. The Bertz CT molecular complexity index is 864. The summed E-state index contributed by atoms with van der Waals surface area (Å²) >= 11 is 0. The van der Waals surface area contributed by atoms with E-state index in [2.05, 4.69) is 0 Å². The van der Waals surface area contributed by atoms with Gasteiger partial charge in [0.15, 0.2) is 0 Å². The second-order valence-electron chi connectivity index (χ2n) is 9.98. The van der Waals surface area contributed by atoms with Crippen LogP contribution in [0.5, 0.6) is 0 Å². The van der Waals surface area contributed by atoms with Crippen molar-refractivity contribution in [1.29, 1.82) is 0 Å². The zero-order chi connectivity index (χ0) is 25.3. The van der Waals surface area contributed by atoms with Crippen LogP contribution in [0.3, 0.4) is 0 Å². The fourth-order valence-corrected chi connectivity index (χ4v) is 2.61. The van der Waals surface area contributed by atoms with Gasteiger partial charge in [0.1, 0.15) is 0 Å². The molecule has 11 heteroatoms. The summed E-state index contributed by atoms with van der Waals surface area (Å²) in [5.74, 6) is -3.64. The third kappa shape index (κ3) is 6.82. The molecular weight excluding hydrogens is 482 g/mol. The third-order valence-corrected chi connectivity index (χ3v) is 5.04. The quantitative estimate of drug-likeness (QED) is 0.396. The van der Waals surface area contributed by atoms with Crippen LogP contribution in [0.4, 0.5) is 0 Å². The SMILES string of the molecule is CC1=CC(=O)N(C(=O)[C@@H](N)C(C)(C)C)C1=O.CC1=CC(=O)N(C(=O)[C@@H](N)C(C)(C)C)C1=O.[Zn]. The summed E-state index contributed by atoms with van der Waals surface area (Å²) in [6, 6.07) is -1.75. The summed E-state index contributed by atoms with van der Waals surface area (Å²) in [5.41, 5.74) is 11.0. The van der Waals surface area contributed by atoms with E-state index in [-0.39, 0.29) is 30.6 Å². The van der Waals surface area contributed by atoms with Crippen molar-refractivity contribution in [2.45, 2.75) is 67.5 Å². The Hall–Kier alpha value is -2.36. The van der Waals surface area contributed by atoms with Crippen molar-refractivity contribution >= 4 is 35.4 Å². The van der Waals surface area contributed by atoms with E-state index in [4.69, 9.17) is 11.5 Å². The Morgan fingerprint density at radius 2 is 0.939 bits per heavy atom. The molecule has 2 aliphatic rings. The summed E-state index contributed by atoms with van der Waals surface area (Å²) < 4.78 is 0. The zero-order valence-electron chi connectivity index (χ0n) is 20.5. The van der Waals surface area contributed by atoms with E-state index in [1.807, 2.05) is 0 Å². The van der Waals surface area contributed by atoms with Crippen molar-refractivity contribution in [3.8, 4) is 0 Å². The molecule has 4 N–H and O–H groups in total. The van der Waals surface area contributed by atoms with Crippen LogP contribution < -0.4 is 11.5 Å². The van der Waals surface area contributed by atoms with E-state index in [0.29, 0.717) is 9.80 Å². The molecule has 6 amide bonds. The van der Waals surface area contributed by atoms with Crippen LogP contribution in [-0.4, -0.2) is 57.3 Å². The summed E-state index contributed by atoms with van der Waals surface area (Å²) in [4.78, 5) is 70.9. The maximum Gasteiger partial charge on any atom is 0.263 e. The molecule has 0 saturated heterocycles. The molecule has 0 aromatic heterocycles. The molecule has 0 bridgehead atoms. The molecular formula is C22H32N4O6Zn. The maximum atomic E-state index is 11.9. The summed E-state index contributed by atoms with van der Waals surface area (Å²) in [5, 5.41) is 0. The summed E-state index contributed by atoms with van der Waals surface area (Å²) in [7, 11) is 0. The normalized spacial score (nSPS) is 18.2. The third-order valence-electron chi connectivity index (χ3n) is 5.04. The van der Waals surface area contributed by atoms with Crippen LogP contribution in [0.25, 0.3) is 0 Å². The number of imide groups is 6. The minimum Gasteiger partial charge on any atom is -0.319 e. The van der Waals surface area contributed by atoms with Crippen molar-refractivity contribution < 1.29 is 48.2 Å². The van der Waals surface area contributed by atoms with Gasteiger partial charge >= 0.3 is 0 Å². The van der Waals surface area contributed by atoms with E-state index < -0.39 is 58.4 Å². The van der Waals surface area contributed by atoms with Crippen LogP contribution >= 0.6 is 0 Å². The number of rotatable bonds is 2. The van der Waals surface area contributed by atoms with Gasteiger partial charge in [-0.15, -0.1) is 0 Å². The molecule has 2 rings (SSSR count). The second-order valence-corrected chi connectivity index (χ2v) is 9.98. The largest absolute Gasteiger partial charge is 0.319 e. The topological polar surface area (TPSA) is 161 Å². The average molecular weight is 514 g/mol. The molecule has 0 fully saturated rings. The predicted molar refractivity (Wildman–Crippen MR) is 116 cm³/mol. The average Bonchev–Trinajstić information content (AvgIpc) is 3.05. The minimum absolute atomic E-state index is 0. The van der Waals surface area contributed by atoms with Crippen molar-refractivity contribution in [2.75, 3.05) is 0 Å². The van der Waals surface area contributed by atoms with Gasteiger partial charge in [-0.1, -0.05) is 41.5 Å². The Kier molecular flexibility index (Phi) is 9.95. The van der Waals surface area contributed by atoms with Gasteiger partial charge < -0.3 is 11.5 Å². The van der Waals surface area contributed by atoms with Crippen molar-refractivity contribution in [3.05, 3.63) is 23.3 Å². The number of amides is 6. The standard InChI is InChI=1S/2C11H16N2O3.Zn/c2*1-6-5-7(14)13(9(6)15)10(16)8(12)11(2,3)4;/h2*5,8H,12H2,1-4H3;/t2*8-;/m11./s1. The first-order valence-corrected chi connectivity index (χ1v) is 10.0. The molecule has 0 radical (unpaired) electrons. The molecule has 0 aliphatic carbocycles. The van der Waals surface area contributed by atoms with Gasteiger partial charge in [-0.05, 0) is 24.7 Å². The minimum atomic E-state index is -0.875. The zero-order valence-corrected chi connectivity index (χ0v) is 23.5. The van der Waals surface area contributed by atoms with Crippen LogP contribution in [0.2, 0.25) is 0 Å². The Morgan fingerprint density at radius 3 is 1.09 bits per heavy atom. The molecule has 0 unspecified atom stereocenters. The molecule has 10 nitrogen and oxygen atoms in total. The molecule has 2 atom stereocenters. The van der Waals surface area contributed by atoms with Crippen LogP contribution in [0.15, 0.2) is 23.3 Å². The van der Waals surface area contributed by atoms with E-state index in [0.717, 1.165) is 12.2 Å². The van der Waals surface area contributed by atoms with E-state index in [1.54, 1.807) is 41.5 Å². The molecule has 0 saturated carbocycles. The van der Waals surface area contributed by atoms with Gasteiger partial charge in [0, 0.05) is 42.8 Å². The smallest absolute Gasteiger partial charge is 0.263 e. The van der Waals surface area contributed by atoms with E-state index in [9.17, 15) is 28.8 Å². The van der Waals surface area contributed by atoms with E-state index >= 15 is 0 Å². The summed E-state index contributed by atoms with van der Waals surface area (Å²) in [6.45, 7) is 13.7. The van der Waals surface area contributed by atoms with Crippen LogP contribution in [0.1, 0.15) is 55.4 Å².